The summed E-state index contributed by atoms with van der Waals surface area (Å²) >= 11 is 0. The van der Waals surface area contributed by atoms with Gasteiger partial charge in [-0.05, 0) is 18.4 Å². The molecule has 0 aromatic heterocycles. The molecule has 0 heterocycles. The van der Waals surface area contributed by atoms with Crippen molar-refractivity contribution in [2.24, 2.45) is 5.16 Å². The first kappa shape index (κ1) is 6.08. The fraction of sp³-hybridized carbons (Fsp3) is 0.286. The van der Waals surface area contributed by atoms with Crippen molar-refractivity contribution in [3.8, 4) is 0 Å². The molecular weight excluding hydrogens is 114 g/mol. The summed E-state index contributed by atoms with van der Waals surface area (Å²) in [5.41, 5.74) is 1.08. The molecule has 0 radical (unpaired) electrons. The van der Waals surface area contributed by atoms with Gasteiger partial charge in [-0.25, -0.2) is 0 Å². The minimum absolute atomic E-state index is 0.987. The van der Waals surface area contributed by atoms with Crippen LogP contribution in [-0.4, -0.2) is 11.4 Å². The van der Waals surface area contributed by atoms with E-state index in [1.807, 2.05) is 12.2 Å². The van der Waals surface area contributed by atoms with E-state index < -0.39 is 0 Å². The zero-order chi connectivity index (χ0) is 6.53. The summed E-state index contributed by atoms with van der Waals surface area (Å²) in [6.45, 7) is 0. The Morgan fingerprint density at radius 3 is 3.11 bits per heavy atom. The maximum Gasteiger partial charge on any atom is 0.0693 e. The van der Waals surface area contributed by atoms with Gasteiger partial charge in [0.2, 0.25) is 0 Å². The number of oxime groups is 1. The van der Waals surface area contributed by atoms with E-state index in [9.17, 15) is 0 Å². The summed E-state index contributed by atoms with van der Waals surface area (Å²) in [6, 6.07) is 0. The normalized spacial score (nSPS) is 18.4. The monoisotopic (exact) mass is 123 g/mol. The number of hydrogen-bond donors (Lipinski definition) is 1. The van der Waals surface area contributed by atoms with Gasteiger partial charge in [-0.1, -0.05) is 23.4 Å². The largest absolute Gasteiger partial charge is 0.411 e. The Balaban J connectivity index is 2.57. The summed E-state index contributed by atoms with van der Waals surface area (Å²) in [7, 11) is 0. The fourth-order valence-corrected chi connectivity index (χ4v) is 0.803. The van der Waals surface area contributed by atoms with Crippen LogP contribution in [0, 0.1) is 0 Å². The van der Waals surface area contributed by atoms with E-state index in [2.05, 4.69) is 11.2 Å². The Kier molecular flexibility index (Phi) is 2.07. The maximum atomic E-state index is 8.12. The Morgan fingerprint density at radius 2 is 2.56 bits per heavy atom. The highest BCUT2D eigenvalue weighted by atomic mass is 16.4. The molecule has 0 saturated heterocycles. The second kappa shape index (κ2) is 3.07. The molecule has 9 heavy (non-hydrogen) atoms. The Hall–Kier alpha value is -1.05. The third-order valence-corrected chi connectivity index (χ3v) is 1.27. The molecule has 2 nitrogen and oxygen atoms in total. The second-order valence-electron chi connectivity index (χ2n) is 1.95. The third kappa shape index (κ3) is 1.72. The molecule has 2 heteroatoms. The lowest BCUT2D eigenvalue weighted by molar-refractivity contribution is 0.321. The van der Waals surface area contributed by atoms with E-state index in [1.165, 1.54) is 6.21 Å². The van der Waals surface area contributed by atoms with Crippen LogP contribution in [0.2, 0.25) is 0 Å². The molecule has 0 saturated carbocycles. The molecule has 0 amide bonds. The molecule has 0 bridgehead atoms. The van der Waals surface area contributed by atoms with Crippen LogP contribution in [0.15, 0.2) is 29.0 Å². The molecule has 1 N–H and O–H groups in total. The fourth-order valence-electron chi connectivity index (χ4n) is 0.803. The summed E-state index contributed by atoms with van der Waals surface area (Å²) in [6.07, 6.45) is 9.53. The SMILES string of the molecule is O/N=C/C1=CC=CCC1. The highest BCUT2D eigenvalue weighted by molar-refractivity contribution is 5.78. The quantitative estimate of drug-likeness (QED) is 0.321. The van der Waals surface area contributed by atoms with Crippen LogP contribution in [0.1, 0.15) is 12.8 Å². The van der Waals surface area contributed by atoms with Crippen LogP contribution in [0.4, 0.5) is 0 Å². The van der Waals surface area contributed by atoms with Crippen molar-refractivity contribution in [1.82, 2.24) is 0 Å². The molecule has 0 aliphatic heterocycles. The molecule has 1 aliphatic rings. The van der Waals surface area contributed by atoms with Crippen LogP contribution in [0.25, 0.3) is 0 Å². The van der Waals surface area contributed by atoms with Crippen molar-refractivity contribution in [2.75, 3.05) is 0 Å². The van der Waals surface area contributed by atoms with Gasteiger partial charge >= 0.3 is 0 Å². The van der Waals surface area contributed by atoms with Gasteiger partial charge in [0.15, 0.2) is 0 Å². The van der Waals surface area contributed by atoms with Crippen molar-refractivity contribution in [1.29, 1.82) is 0 Å². The minimum Gasteiger partial charge on any atom is -0.411 e. The van der Waals surface area contributed by atoms with Gasteiger partial charge < -0.3 is 5.21 Å². The van der Waals surface area contributed by atoms with Gasteiger partial charge in [-0.15, -0.1) is 0 Å². The molecule has 0 aromatic carbocycles. The Bertz CT molecular complexity index is 168. The molecule has 0 atom stereocenters. The molecule has 0 aromatic rings. The predicted octanol–water partition coefficient (Wildman–Crippen LogP) is 1.72. The van der Waals surface area contributed by atoms with Gasteiger partial charge in [0, 0.05) is 0 Å². The van der Waals surface area contributed by atoms with Crippen molar-refractivity contribution < 1.29 is 5.21 Å². The predicted molar refractivity (Wildman–Crippen MR) is 36.7 cm³/mol. The summed E-state index contributed by atoms with van der Waals surface area (Å²) < 4.78 is 0. The lowest BCUT2D eigenvalue weighted by Gasteiger charge is -1.99. The first-order valence-electron chi connectivity index (χ1n) is 2.96. The van der Waals surface area contributed by atoms with Gasteiger partial charge in [0.25, 0.3) is 0 Å². The topological polar surface area (TPSA) is 32.6 Å². The van der Waals surface area contributed by atoms with E-state index in [1.54, 1.807) is 0 Å². The number of rotatable bonds is 1. The highest BCUT2D eigenvalue weighted by Crippen LogP contribution is 2.08. The summed E-state index contributed by atoms with van der Waals surface area (Å²) in [5.74, 6) is 0. The molecule has 0 spiro atoms. The highest BCUT2D eigenvalue weighted by Gasteiger charge is 1.93. The molecule has 0 unspecified atom stereocenters. The van der Waals surface area contributed by atoms with E-state index in [0.29, 0.717) is 0 Å². The molecule has 0 fully saturated rings. The van der Waals surface area contributed by atoms with Crippen molar-refractivity contribution in [3.05, 3.63) is 23.8 Å². The minimum atomic E-state index is 0.987. The van der Waals surface area contributed by atoms with Crippen LogP contribution < -0.4 is 0 Å². The van der Waals surface area contributed by atoms with E-state index in [-0.39, 0.29) is 0 Å². The number of allylic oxidation sites excluding steroid dienone is 4. The first-order valence-corrected chi connectivity index (χ1v) is 2.96. The average Bonchev–Trinajstić information content (AvgIpc) is 1.91. The van der Waals surface area contributed by atoms with E-state index >= 15 is 0 Å². The van der Waals surface area contributed by atoms with Gasteiger partial charge in [0.1, 0.15) is 0 Å². The number of hydrogen-bond acceptors (Lipinski definition) is 2. The van der Waals surface area contributed by atoms with E-state index in [0.717, 1.165) is 18.4 Å². The smallest absolute Gasteiger partial charge is 0.0693 e. The number of nitrogens with zero attached hydrogens (tertiary/aromatic N) is 1. The Labute approximate surface area is 54.2 Å². The van der Waals surface area contributed by atoms with Crippen LogP contribution in [0.5, 0.6) is 0 Å². The lowest BCUT2D eigenvalue weighted by Crippen LogP contribution is -1.87. The molecule has 48 valence electrons. The Morgan fingerprint density at radius 1 is 1.67 bits per heavy atom. The zero-order valence-corrected chi connectivity index (χ0v) is 5.12. The zero-order valence-electron chi connectivity index (χ0n) is 5.12. The van der Waals surface area contributed by atoms with E-state index in [4.69, 9.17) is 5.21 Å². The van der Waals surface area contributed by atoms with Crippen molar-refractivity contribution in [2.45, 2.75) is 12.8 Å². The second-order valence-corrected chi connectivity index (χ2v) is 1.95. The lowest BCUT2D eigenvalue weighted by atomic mass is 10.1. The standard InChI is InChI=1S/C7H9NO/c9-8-6-7-4-2-1-3-5-7/h1-2,4,6,9H,3,5H2/b8-6+. The molecule has 1 rings (SSSR count). The third-order valence-electron chi connectivity index (χ3n) is 1.27. The van der Waals surface area contributed by atoms with Gasteiger partial charge in [-0.2, -0.15) is 0 Å². The first-order chi connectivity index (χ1) is 4.43. The molecule has 1 aliphatic carbocycles. The molecular formula is C7H9NO. The van der Waals surface area contributed by atoms with Crippen LogP contribution in [-0.2, 0) is 0 Å². The van der Waals surface area contributed by atoms with Crippen molar-refractivity contribution >= 4 is 6.21 Å². The maximum absolute atomic E-state index is 8.12. The van der Waals surface area contributed by atoms with Gasteiger partial charge in [-0.3, -0.25) is 0 Å². The van der Waals surface area contributed by atoms with Crippen molar-refractivity contribution in [3.63, 3.8) is 0 Å². The van der Waals surface area contributed by atoms with Crippen LogP contribution >= 0.6 is 0 Å². The van der Waals surface area contributed by atoms with Crippen LogP contribution in [0.3, 0.4) is 0 Å². The average molecular weight is 123 g/mol. The van der Waals surface area contributed by atoms with Gasteiger partial charge in [0.05, 0.1) is 6.21 Å². The summed E-state index contributed by atoms with van der Waals surface area (Å²) in [4.78, 5) is 0. The summed E-state index contributed by atoms with van der Waals surface area (Å²) in [5, 5.41) is 11.1.